The van der Waals surface area contributed by atoms with Crippen molar-refractivity contribution in [1.29, 1.82) is 0 Å². The van der Waals surface area contributed by atoms with Crippen LogP contribution in [0.4, 0.5) is 0 Å². The first kappa shape index (κ1) is 9.41. The van der Waals surface area contributed by atoms with Gasteiger partial charge in [0.1, 0.15) is 0 Å². The van der Waals surface area contributed by atoms with Crippen molar-refractivity contribution in [3.63, 3.8) is 0 Å². The number of aromatic amines is 1. The van der Waals surface area contributed by atoms with Crippen LogP contribution in [0.5, 0.6) is 0 Å². The highest BCUT2D eigenvalue weighted by Crippen LogP contribution is 2.22. The fraction of sp³-hybridized carbons (Fsp3) is 0.167. The third-order valence-corrected chi connectivity index (χ3v) is 2.98. The Balaban J connectivity index is 2.33. The normalized spacial score (nSPS) is 10.4. The topological polar surface area (TPSA) is 15.8 Å². The molecule has 0 saturated carbocycles. The predicted molar refractivity (Wildman–Crippen MR) is 62.7 cm³/mol. The standard InChI is InChI=1S/C12H13NS/c1-9-3-8-12(13-9)10-4-6-11(14-2)7-5-10/h3-8,13H,1-2H3. The maximum atomic E-state index is 3.32. The van der Waals surface area contributed by atoms with Crippen LogP contribution in [0, 0.1) is 6.92 Å². The first-order valence-electron chi connectivity index (χ1n) is 4.59. The molecule has 72 valence electrons. The number of rotatable bonds is 2. The summed E-state index contributed by atoms with van der Waals surface area (Å²) in [5.74, 6) is 0. The highest BCUT2D eigenvalue weighted by atomic mass is 32.2. The summed E-state index contributed by atoms with van der Waals surface area (Å²) in [7, 11) is 0. The SMILES string of the molecule is CSc1ccc(-c2ccc(C)[nH]2)cc1. The molecule has 0 saturated heterocycles. The largest absolute Gasteiger partial charge is 0.359 e. The summed E-state index contributed by atoms with van der Waals surface area (Å²) in [5.41, 5.74) is 3.64. The Morgan fingerprint density at radius 1 is 1.00 bits per heavy atom. The van der Waals surface area contributed by atoms with E-state index >= 15 is 0 Å². The Kier molecular flexibility index (Phi) is 2.64. The van der Waals surface area contributed by atoms with Crippen LogP contribution >= 0.6 is 11.8 Å². The molecule has 0 atom stereocenters. The van der Waals surface area contributed by atoms with Crippen molar-refractivity contribution in [3.8, 4) is 11.3 Å². The summed E-state index contributed by atoms with van der Waals surface area (Å²) in [6.45, 7) is 2.07. The number of hydrogen-bond acceptors (Lipinski definition) is 1. The van der Waals surface area contributed by atoms with Crippen LogP contribution in [-0.2, 0) is 0 Å². The van der Waals surface area contributed by atoms with Gasteiger partial charge in [0.25, 0.3) is 0 Å². The minimum absolute atomic E-state index is 1.19. The fourth-order valence-electron chi connectivity index (χ4n) is 1.44. The lowest BCUT2D eigenvalue weighted by atomic mass is 10.2. The number of hydrogen-bond donors (Lipinski definition) is 1. The number of nitrogens with one attached hydrogen (secondary N) is 1. The highest BCUT2D eigenvalue weighted by molar-refractivity contribution is 7.98. The Morgan fingerprint density at radius 2 is 1.71 bits per heavy atom. The van der Waals surface area contributed by atoms with Gasteiger partial charge in [-0.2, -0.15) is 0 Å². The minimum Gasteiger partial charge on any atom is -0.359 e. The third kappa shape index (κ3) is 1.85. The molecular weight excluding hydrogens is 190 g/mol. The summed E-state index contributed by atoms with van der Waals surface area (Å²) in [5, 5.41) is 0. The summed E-state index contributed by atoms with van der Waals surface area (Å²) in [6.07, 6.45) is 2.09. The average Bonchev–Trinajstić information content (AvgIpc) is 2.65. The van der Waals surface area contributed by atoms with Crippen molar-refractivity contribution in [1.82, 2.24) is 4.98 Å². The van der Waals surface area contributed by atoms with Crippen molar-refractivity contribution in [2.75, 3.05) is 6.26 Å². The number of H-pyrrole nitrogens is 1. The van der Waals surface area contributed by atoms with Gasteiger partial charge < -0.3 is 4.98 Å². The molecule has 1 aromatic heterocycles. The van der Waals surface area contributed by atoms with Gasteiger partial charge in [-0.25, -0.2) is 0 Å². The van der Waals surface area contributed by atoms with E-state index in [2.05, 4.69) is 54.6 Å². The second-order valence-electron chi connectivity index (χ2n) is 3.28. The van der Waals surface area contributed by atoms with Gasteiger partial charge in [-0.3, -0.25) is 0 Å². The van der Waals surface area contributed by atoms with E-state index in [1.165, 1.54) is 21.8 Å². The maximum absolute atomic E-state index is 3.32. The summed E-state index contributed by atoms with van der Waals surface area (Å²) >= 11 is 1.77. The molecule has 1 aromatic carbocycles. The molecule has 1 nitrogen and oxygen atoms in total. The van der Waals surface area contributed by atoms with Gasteiger partial charge in [0.15, 0.2) is 0 Å². The second-order valence-corrected chi connectivity index (χ2v) is 4.16. The van der Waals surface area contributed by atoms with Crippen LogP contribution in [0.1, 0.15) is 5.69 Å². The van der Waals surface area contributed by atoms with Crippen LogP contribution in [0.2, 0.25) is 0 Å². The first-order valence-corrected chi connectivity index (χ1v) is 5.82. The maximum Gasteiger partial charge on any atom is 0.0455 e. The lowest BCUT2D eigenvalue weighted by Gasteiger charge is -1.99. The molecule has 0 amide bonds. The molecule has 1 N–H and O–H groups in total. The molecule has 1 heterocycles. The van der Waals surface area contributed by atoms with E-state index in [0.717, 1.165) is 0 Å². The zero-order valence-electron chi connectivity index (χ0n) is 8.37. The number of benzene rings is 1. The van der Waals surface area contributed by atoms with Crippen LogP contribution in [-0.4, -0.2) is 11.2 Å². The van der Waals surface area contributed by atoms with Gasteiger partial charge >= 0.3 is 0 Å². The molecule has 0 unspecified atom stereocenters. The molecule has 0 fully saturated rings. The fourth-order valence-corrected chi connectivity index (χ4v) is 1.85. The van der Waals surface area contributed by atoms with E-state index < -0.39 is 0 Å². The lowest BCUT2D eigenvalue weighted by molar-refractivity contribution is 1.26. The van der Waals surface area contributed by atoms with Gasteiger partial charge in [0, 0.05) is 16.3 Å². The minimum atomic E-state index is 1.19. The molecule has 0 aliphatic rings. The van der Waals surface area contributed by atoms with Gasteiger partial charge in [0.05, 0.1) is 0 Å². The molecule has 2 aromatic rings. The van der Waals surface area contributed by atoms with E-state index in [-0.39, 0.29) is 0 Å². The molecule has 0 aliphatic carbocycles. The average molecular weight is 203 g/mol. The lowest BCUT2D eigenvalue weighted by Crippen LogP contribution is -1.78. The van der Waals surface area contributed by atoms with E-state index in [1.807, 2.05) is 0 Å². The Morgan fingerprint density at radius 3 is 2.21 bits per heavy atom. The molecule has 0 radical (unpaired) electrons. The zero-order chi connectivity index (χ0) is 9.97. The number of aryl methyl sites for hydroxylation is 1. The number of aromatic nitrogens is 1. The van der Waals surface area contributed by atoms with E-state index in [1.54, 1.807) is 11.8 Å². The summed E-state index contributed by atoms with van der Waals surface area (Å²) < 4.78 is 0. The predicted octanol–water partition coefficient (Wildman–Crippen LogP) is 3.71. The smallest absolute Gasteiger partial charge is 0.0455 e. The van der Waals surface area contributed by atoms with Crippen LogP contribution in [0.15, 0.2) is 41.3 Å². The Hall–Kier alpha value is -1.15. The molecule has 2 rings (SSSR count). The Labute approximate surface area is 88.6 Å². The van der Waals surface area contributed by atoms with Crippen molar-refractivity contribution < 1.29 is 0 Å². The highest BCUT2D eigenvalue weighted by Gasteiger charge is 1.98. The quantitative estimate of drug-likeness (QED) is 0.736. The molecular formula is C12H13NS. The molecule has 0 spiro atoms. The monoisotopic (exact) mass is 203 g/mol. The van der Waals surface area contributed by atoms with Crippen LogP contribution < -0.4 is 0 Å². The second kappa shape index (κ2) is 3.93. The van der Waals surface area contributed by atoms with Gasteiger partial charge in [-0.05, 0) is 43.0 Å². The first-order chi connectivity index (χ1) is 6.79. The van der Waals surface area contributed by atoms with E-state index in [4.69, 9.17) is 0 Å². The van der Waals surface area contributed by atoms with E-state index in [0.29, 0.717) is 0 Å². The van der Waals surface area contributed by atoms with Gasteiger partial charge in [-0.1, -0.05) is 12.1 Å². The third-order valence-electron chi connectivity index (χ3n) is 2.23. The molecule has 0 aliphatic heterocycles. The molecule has 2 heteroatoms. The molecule has 0 bridgehead atoms. The molecule has 14 heavy (non-hydrogen) atoms. The van der Waals surface area contributed by atoms with Crippen molar-refractivity contribution >= 4 is 11.8 Å². The van der Waals surface area contributed by atoms with Gasteiger partial charge in [-0.15, -0.1) is 11.8 Å². The number of thioether (sulfide) groups is 1. The van der Waals surface area contributed by atoms with Crippen LogP contribution in [0.3, 0.4) is 0 Å². The van der Waals surface area contributed by atoms with Crippen molar-refractivity contribution in [3.05, 3.63) is 42.1 Å². The van der Waals surface area contributed by atoms with E-state index in [9.17, 15) is 0 Å². The van der Waals surface area contributed by atoms with Crippen molar-refractivity contribution in [2.45, 2.75) is 11.8 Å². The van der Waals surface area contributed by atoms with Crippen molar-refractivity contribution in [2.24, 2.45) is 0 Å². The zero-order valence-corrected chi connectivity index (χ0v) is 9.19. The summed E-state index contributed by atoms with van der Waals surface area (Å²) in [6, 6.07) is 12.8. The Bertz CT molecular complexity index is 414. The van der Waals surface area contributed by atoms with Gasteiger partial charge in [0.2, 0.25) is 0 Å². The summed E-state index contributed by atoms with van der Waals surface area (Å²) in [4.78, 5) is 4.63. The van der Waals surface area contributed by atoms with Crippen LogP contribution in [0.25, 0.3) is 11.3 Å².